The van der Waals surface area contributed by atoms with Gasteiger partial charge in [-0.05, 0) is 46.5 Å². The third-order valence-corrected chi connectivity index (χ3v) is 5.03. The van der Waals surface area contributed by atoms with Crippen LogP contribution < -0.4 is 10.2 Å². The normalized spacial score (nSPS) is 15.2. The topological polar surface area (TPSA) is 74.2 Å². The Labute approximate surface area is 159 Å². The molecule has 6 nitrogen and oxygen atoms in total. The van der Waals surface area contributed by atoms with E-state index in [9.17, 15) is 4.79 Å². The van der Waals surface area contributed by atoms with Crippen LogP contribution in [0.1, 0.15) is 23.4 Å². The first kappa shape index (κ1) is 16.9. The van der Waals surface area contributed by atoms with Gasteiger partial charge < -0.3 is 14.6 Å². The van der Waals surface area contributed by atoms with Crippen LogP contribution in [0, 0.1) is 0 Å². The molecule has 4 rings (SSSR count). The van der Waals surface area contributed by atoms with Crippen molar-refractivity contribution < 1.29 is 9.21 Å². The molecule has 3 heterocycles. The van der Waals surface area contributed by atoms with Crippen LogP contribution >= 0.6 is 15.9 Å². The molecule has 1 saturated heterocycles. The predicted molar refractivity (Wildman–Crippen MR) is 103 cm³/mol. The smallest absolute Gasteiger partial charge is 0.287 e. The summed E-state index contributed by atoms with van der Waals surface area (Å²) in [5, 5.41) is 10.6. The monoisotopic (exact) mass is 414 g/mol. The number of carbonyl (C=O) groups is 1. The number of hydrogen-bond donors (Lipinski definition) is 2. The quantitative estimate of drug-likeness (QED) is 0.679. The highest BCUT2D eigenvalue weighted by molar-refractivity contribution is 9.10. The second-order valence-electron chi connectivity index (χ2n) is 6.34. The van der Waals surface area contributed by atoms with Gasteiger partial charge in [0.15, 0.2) is 16.2 Å². The minimum absolute atomic E-state index is 0.148. The molecule has 26 heavy (non-hydrogen) atoms. The van der Waals surface area contributed by atoms with Gasteiger partial charge in [0.2, 0.25) is 0 Å². The number of aromatic nitrogens is 2. The molecule has 7 heteroatoms. The third kappa shape index (κ3) is 3.67. The molecule has 2 N–H and O–H groups in total. The van der Waals surface area contributed by atoms with Crippen molar-refractivity contribution in [3.05, 3.63) is 59.0 Å². The third-order valence-electron chi connectivity index (χ3n) is 4.60. The van der Waals surface area contributed by atoms with Gasteiger partial charge in [-0.3, -0.25) is 9.89 Å². The number of hydrogen-bond acceptors (Lipinski definition) is 4. The Kier molecular flexibility index (Phi) is 4.79. The van der Waals surface area contributed by atoms with E-state index in [0.717, 1.165) is 43.0 Å². The van der Waals surface area contributed by atoms with E-state index < -0.39 is 0 Å². The lowest BCUT2D eigenvalue weighted by molar-refractivity contribution is 0.0901. The van der Waals surface area contributed by atoms with Crippen molar-refractivity contribution >= 4 is 27.7 Å². The van der Waals surface area contributed by atoms with Crippen molar-refractivity contribution in [3.8, 4) is 11.3 Å². The predicted octanol–water partition coefficient (Wildman–Crippen LogP) is 3.83. The van der Waals surface area contributed by atoms with Gasteiger partial charge in [-0.1, -0.05) is 30.3 Å². The Balaban J connectivity index is 1.34. The summed E-state index contributed by atoms with van der Waals surface area (Å²) in [6, 6.07) is 15.8. The second kappa shape index (κ2) is 7.37. The van der Waals surface area contributed by atoms with Gasteiger partial charge in [-0.15, -0.1) is 0 Å². The molecule has 0 unspecified atom stereocenters. The molecule has 0 bridgehead atoms. The molecule has 3 aromatic rings. The van der Waals surface area contributed by atoms with Crippen LogP contribution in [0.3, 0.4) is 0 Å². The van der Waals surface area contributed by atoms with E-state index in [0.29, 0.717) is 10.4 Å². The van der Waals surface area contributed by atoms with E-state index in [4.69, 9.17) is 4.42 Å². The summed E-state index contributed by atoms with van der Waals surface area (Å²) in [7, 11) is 0. The zero-order valence-corrected chi connectivity index (χ0v) is 15.7. The van der Waals surface area contributed by atoms with Gasteiger partial charge in [0.1, 0.15) is 0 Å². The first-order valence-electron chi connectivity index (χ1n) is 8.61. The molecule has 0 atom stereocenters. The second-order valence-corrected chi connectivity index (χ2v) is 7.13. The first-order chi connectivity index (χ1) is 12.7. The lowest BCUT2D eigenvalue weighted by atomic mass is 10.0. The number of nitrogens with zero attached hydrogens (tertiary/aromatic N) is 2. The number of rotatable bonds is 4. The summed E-state index contributed by atoms with van der Waals surface area (Å²) < 4.78 is 5.86. The van der Waals surface area contributed by atoms with Crippen molar-refractivity contribution in [2.75, 3.05) is 18.0 Å². The standard InChI is InChI=1S/C19H19BrN4O2/c20-17-7-6-16(26-17)19(25)21-14-8-10-24(11-9-14)18-12-15(22-23-18)13-4-2-1-3-5-13/h1-7,12,14H,8-11H2,(H,21,25)(H,22,23). The molecule has 134 valence electrons. The van der Waals surface area contributed by atoms with Crippen molar-refractivity contribution in [2.24, 2.45) is 0 Å². The van der Waals surface area contributed by atoms with E-state index in [1.807, 2.05) is 18.2 Å². The Morgan fingerprint density at radius 1 is 1.19 bits per heavy atom. The molecule has 0 aliphatic carbocycles. The number of amides is 1. The Hall–Kier alpha value is -2.54. The summed E-state index contributed by atoms with van der Waals surface area (Å²) in [6.07, 6.45) is 1.75. The Morgan fingerprint density at radius 3 is 2.65 bits per heavy atom. The number of anilines is 1. The number of aromatic amines is 1. The highest BCUT2D eigenvalue weighted by Crippen LogP contribution is 2.24. The zero-order valence-electron chi connectivity index (χ0n) is 14.1. The number of benzene rings is 1. The fourth-order valence-corrected chi connectivity index (χ4v) is 3.49. The highest BCUT2D eigenvalue weighted by atomic mass is 79.9. The fraction of sp³-hybridized carbons (Fsp3) is 0.263. The number of H-pyrrole nitrogens is 1. The van der Waals surface area contributed by atoms with Crippen LogP contribution in [0.4, 0.5) is 5.82 Å². The number of nitrogens with one attached hydrogen (secondary N) is 2. The largest absolute Gasteiger partial charge is 0.444 e. The van der Waals surface area contributed by atoms with E-state index in [-0.39, 0.29) is 11.9 Å². The average molecular weight is 415 g/mol. The SMILES string of the molecule is O=C(NC1CCN(c2cc(-c3ccccc3)[nH]n2)CC1)c1ccc(Br)o1. The van der Waals surface area contributed by atoms with Gasteiger partial charge in [-0.25, -0.2) is 0 Å². The summed E-state index contributed by atoms with van der Waals surface area (Å²) in [5.41, 5.74) is 2.14. The number of furan rings is 1. The molecule has 1 amide bonds. The average Bonchev–Trinajstić information content (AvgIpc) is 3.32. The lowest BCUT2D eigenvalue weighted by Gasteiger charge is -2.32. The molecular weight excluding hydrogens is 396 g/mol. The van der Waals surface area contributed by atoms with Crippen LogP contribution in [0.5, 0.6) is 0 Å². The summed E-state index contributed by atoms with van der Waals surface area (Å²) in [5.74, 6) is 1.11. The lowest BCUT2D eigenvalue weighted by Crippen LogP contribution is -2.44. The van der Waals surface area contributed by atoms with Gasteiger partial charge >= 0.3 is 0 Å². The summed E-state index contributed by atoms with van der Waals surface area (Å²) in [6.45, 7) is 1.71. The maximum absolute atomic E-state index is 12.2. The maximum atomic E-state index is 12.2. The van der Waals surface area contributed by atoms with E-state index in [1.54, 1.807) is 12.1 Å². The van der Waals surface area contributed by atoms with Crippen LogP contribution in [-0.2, 0) is 0 Å². The maximum Gasteiger partial charge on any atom is 0.287 e. The van der Waals surface area contributed by atoms with Gasteiger partial charge in [0, 0.05) is 25.2 Å². The molecule has 1 aliphatic rings. The van der Waals surface area contributed by atoms with Crippen LogP contribution in [0.2, 0.25) is 0 Å². The van der Waals surface area contributed by atoms with Crippen LogP contribution in [-0.4, -0.2) is 35.2 Å². The minimum Gasteiger partial charge on any atom is -0.444 e. The Bertz CT molecular complexity index is 882. The van der Waals surface area contributed by atoms with E-state index in [1.165, 1.54) is 0 Å². The molecule has 0 radical (unpaired) electrons. The number of halogens is 1. The fourth-order valence-electron chi connectivity index (χ4n) is 3.18. The zero-order chi connectivity index (χ0) is 17.9. The van der Waals surface area contributed by atoms with Crippen molar-refractivity contribution in [3.63, 3.8) is 0 Å². The molecular formula is C19H19BrN4O2. The first-order valence-corrected chi connectivity index (χ1v) is 9.40. The number of carbonyl (C=O) groups excluding carboxylic acids is 1. The van der Waals surface area contributed by atoms with Gasteiger partial charge in [0.05, 0.1) is 5.69 Å². The molecule has 1 aromatic carbocycles. The molecule has 1 aliphatic heterocycles. The number of piperidine rings is 1. The van der Waals surface area contributed by atoms with Crippen LogP contribution in [0.15, 0.2) is 57.6 Å². The highest BCUT2D eigenvalue weighted by Gasteiger charge is 2.23. The molecule has 1 fully saturated rings. The molecule has 0 saturated carbocycles. The molecule has 2 aromatic heterocycles. The van der Waals surface area contributed by atoms with E-state index in [2.05, 4.69) is 54.5 Å². The van der Waals surface area contributed by atoms with Crippen molar-refractivity contribution in [1.29, 1.82) is 0 Å². The minimum atomic E-state index is -0.166. The summed E-state index contributed by atoms with van der Waals surface area (Å²) in [4.78, 5) is 14.4. The van der Waals surface area contributed by atoms with Crippen molar-refractivity contribution in [1.82, 2.24) is 15.5 Å². The molecule has 0 spiro atoms. The van der Waals surface area contributed by atoms with Gasteiger partial charge in [-0.2, -0.15) is 5.10 Å². The Morgan fingerprint density at radius 2 is 1.96 bits per heavy atom. The van der Waals surface area contributed by atoms with Gasteiger partial charge in [0.25, 0.3) is 5.91 Å². The summed E-state index contributed by atoms with van der Waals surface area (Å²) >= 11 is 3.21. The van der Waals surface area contributed by atoms with Crippen molar-refractivity contribution in [2.45, 2.75) is 18.9 Å². The van der Waals surface area contributed by atoms with E-state index >= 15 is 0 Å². The van der Waals surface area contributed by atoms with Crippen LogP contribution in [0.25, 0.3) is 11.3 Å².